The summed E-state index contributed by atoms with van der Waals surface area (Å²) < 4.78 is 21.3. The molecular weight excluding hydrogens is 432 g/mol. The molecule has 0 aromatic heterocycles. The van der Waals surface area contributed by atoms with Crippen molar-refractivity contribution in [3.8, 4) is 11.5 Å². The lowest BCUT2D eigenvalue weighted by Gasteiger charge is -2.26. The van der Waals surface area contributed by atoms with Gasteiger partial charge in [0.05, 0.1) is 37.0 Å². The Labute approximate surface area is 189 Å². The molecule has 3 amide bonds. The predicted molar refractivity (Wildman–Crippen MR) is 113 cm³/mol. The van der Waals surface area contributed by atoms with Crippen LogP contribution in [0.15, 0.2) is 42.5 Å². The van der Waals surface area contributed by atoms with Crippen molar-refractivity contribution in [3.05, 3.63) is 59.2 Å². The van der Waals surface area contributed by atoms with Crippen LogP contribution in [0.3, 0.4) is 0 Å². The van der Waals surface area contributed by atoms with E-state index in [4.69, 9.17) is 18.9 Å². The van der Waals surface area contributed by atoms with Gasteiger partial charge < -0.3 is 23.8 Å². The number of amides is 3. The number of nitrogens with zero attached hydrogens (tertiary/aromatic N) is 2. The monoisotopic (exact) mass is 454 g/mol. The minimum Gasteiger partial charge on any atom is -0.493 e. The van der Waals surface area contributed by atoms with Crippen LogP contribution in [0.1, 0.15) is 31.1 Å². The third-order valence-corrected chi connectivity index (χ3v) is 5.32. The number of carbonyl (C=O) groups excluding carboxylic acids is 4. The molecule has 0 unspecified atom stereocenters. The van der Waals surface area contributed by atoms with E-state index in [0.29, 0.717) is 26.3 Å². The first-order valence-corrected chi connectivity index (χ1v) is 10.3. The lowest BCUT2D eigenvalue weighted by Crippen LogP contribution is -2.43. The topological polar surface area (TPSA) is 112 Å². The highest BCUT2D eigenvalue weighted by molar-refractivity contribution is 6.21. The standard InChI is InChI=1S/C23H22N2O8/c1-30-19-12-15(6-7-18(19)32-13-20(26)24-8-10-31-11-9-24)23(29)33-14-25-21(27)16-4-2-3-5-17(16)22(25)28/h2-7,12H,8-11,13-14H2,1H3. The van der Waals surface area contributed by atoms with Crippen molar-refractivity contribution >= 4 is 23.7 Å². The number of methoxy groups -OCH3 is 1. The van der Waals surface area contributed by atoms with Crippen molar-refractivity contribution in [2.45, 2.75) is 0 Å². The molecule has 0 bridgehead atoms. The van der Waals surface area contributed by atoms with E-state index in [9.17, 15) is 19.2 Å². The van der Waals surface area contributed by atoms with Crippen molar-refractivity contribution in [1.82, 2.24) is 9.80 Å². The van der Waals surface area contributed by atoms with Gasteiger partial charge in [0.15, 0.2) is 24.8 Å². The van der Waals surface area contributed by atoms with Crippen molar-refractivity contribution in [1.29, 1.82) is 0 Å². The Balaban J connectivity index is 1.36. The quantitative estimate of drug-likeness (QED) is 0.455. The summed E-state index contributed by atoms with van der Waals surface area (Å²) in [6.07, 6.45) is 0. The second-order valence-electron chi connectivity index (χ2n) is 7.29. The van der Waals surface area contributed by atoms with Gasteiger partial charge in [-0.1, -0.05) is 12.1 Å². The number of hydrogen-bond donors (Lipinski definition) is 0. The smallest absolute Gasteiger partial charge is 0.340 e. The van der Waals surface area contributed by atoms with E-state index < -0.39 is 24.5 Å². The van der Waals surface area contributed by atoms with Crippen molar-refractivity contribution in [2.75, 3.05) is 46.8 Å². The van der Waals surface area contributed by atoms with Crippen LogP contribution in [0.4, 0.5) is 0 Å². The first kappa shape index (κ1) is 22.3. The summed E-state index contributed by atoms with van der Waals surface area (Å²) >= 11 is 0. The summed E-state index contributed by atoms with van der Waals surface area (Å²) in [6, 6.07) is 10.7. The fourth-order valence-electron chi connectivity index (χ4n) is 3.52. The van der Waals surface area contributed by atoms with Gasteiger partial charge in [-0.05, 0) is 30.3 Å². The number of carbonyl (C=O) groups is 4. The zero-order chi connectivity index (χ0) is 23.4. The number of ether oxygens (including phenoxy) is 4. The summed E-state index contributed by atoms with van der Waals surface area (Å²) in [5.41, 5.74) is 0.678. The van der Waals surface area contributed by atoms with E-state index in [1.54, 1.807) is 29.2 Å². The Kier molecular flexibility index (Phi) is 6.55. The molecule has 4 rings (SSSR count). The molecule has 172 valence electrons. The van der Waals surface area contributed by atoms with Gasteiger partial charge in [0.25, 0.3) is 17.7 Å². The lowest BCUT2D eigenvalue weighted by molar-refractivity contribution is -0.137. The number of imide groups is 1. The molecule has 33 heavy (non-hydrogen) atoms. The van der Waals surface area contributed by atoms with E-state index in [2.05, 4.69) is 0 Å². The van der Waals surface area contributed by atoms with Crippen LogP contribution in [0.25, 0.3) is 0 Å². The molecule has 10 nitrogen and oxygen atoms in total. The van der Waals surface area contributed by atoms with Gasteiger partial charge >= 0.3 is 5.97 Å². The molecule has 1 saturated heterocycles. The van der Waals surface area contributed by atoms with Crippen LogP contribution >= 0.6 is 0 Å². The van der Waals surface area contributed by atoms with Gasteiger partial charge in [0.2, 0.25) is 0 Å². The summed E-state index contributed by atoms with van der Waals surface area (Å²) in [6.45, 7) is 1.31. The Bertz CT molecular complexity index is 1060. The average Bonchev–Trinajstić information content (AvgIpc) is 3.10. The highest BCUT2D eigenvalue weighted by Gasteiger charge is 2.35. The fraction of sp³-hybridized carbons (Fsp3) is 0.304. The zero-order valence-electron chi connectivity index (χ0n) is 17.9. The van der Waals surface area contributed by atoms with Crippen molar-refractivity contribution < 1.29 is 38.1 Å². The first-order valence-electron chi connectivity index (χ1n) is 10.3. The highest BCUT2D eigenvalue weighted by Crippen LogP contribution is 2.29. The molecule has 10 heteroatoms. The van der Waals surface area contributed by atoms with Gasteiger partial charge in [-0.15, -0.1) is 0 Å². The molecule has 0 spiro atoms. The molecule has 0 saturated carbocycles. The van der Waals surface area contributed by atoms with E-state index in [0.717, 1.165) is 4.90 Å². The van der Waals surface area contributed by atoms with Crippen LogP contribution in [0, 0.1) is 0 Å². The maximum atomic E-state index is 12.5. The number of morpholine rings is 1. The Morgan fingerprint density at radius 1 is 0.970 bits per heavy atom. The van der Waals surface area contributed by atoms with Crippen molar-refractivity contribution in [2.24, 2.45) is 0 Å². The molecule has 2 aliphatic heterocycles. The van der Waals surface area contributed by atoms with Gasteiger partial charge in [-0.2, -0.15) is 0 Å². The second-order valence-corrected chi connectivity index (χ2v) is 7.29. The summed E-state index contributed by atoms with van der Waals surface area (Å²) in [4.78, 5) is 52.0. The Morgan fingerprint density at radius 3 is 2.27 bits per heavy atom. The van der Waals surface area contributed by atoms with Crippen LogP contribution < -0.4 is 9.47 Å². The van der Waals surface area contributed by atoms with Gasteiger partial charge in [0.1, 0.15) is 0 Å². The second kappa shape index (κ2) is 9.70. The van der Waals surface area contributed by atoms with Gasteiger partial charge in [-0.3, -0.25) is 14.4 Å². The molecular formula is C23H22N2O8. The molecule has 0 aliphatic carbocycles. The number of fused-ring (bicyclic) bond motifs is 1. The molecule has 2 heterocycles. The first-order chi connectivity index (χ1) is 16.0. The minimum absolute atomic E-state index is 0.135. The number of benzene rings is 2. The molecule has 2 aromatic carbocycles. The van der Waals surface area contributed by atoms with Crippen molar-refractivity contribution in [3.63, 3.8) is 0 Å². The minimum atomic E-state index is -0.749. The van der Waals surface area contributed by atoms with E-state index in [-0.39, 0.29) is 40.7 Å². The normalized spacial score (nSPS) is 15.3. The summed E-state index contributed by atoms with van der Waals surface area (Å²) in [7, 11) is 1.40. The van der Waals surface area contributed by atoms with Gasteiger partial charge in [0, 0.05) is 13.1 Å². The van der Waals surface area contributed by atoms with E-state index >= 15 is 0 Å². The van der Waals surface area contributed by atoms with Crippen LogP contribution in [0.5, 0.6) is 11.5 Å². The largest absolute Gasteiger partial charge is 0.493 e. The molecule has 2 aliphatic rings. The highest BCUT2D eigenvalue weighted by atomic mass is 16.5. The SMILES string of the molecule is COc1cc(C(=O)OCN2C(=O)c3ccccc3C2=O)ccc1OCC(=O)N1CCOCC1. The maximum Gasteiger partial charge on any atom is 0.340 e. The zero-order valence-corrected chi connectivity index (χ0v) is 17.9. The number of rotatable bonds is 7. The van der Waals surface area contributed by atoms with E-state index in [1.165, 1.54) is 25.3 Å². The number of esters is 1. The maximum absolute atomic E-state index is 12.5. The molecule has 0 atom stereocenters. The third kappa shape index (κ3) is 4.65. The average molecular weight is 454 g/mol. The Hall–Kier alpha value is -3.92. The van der Waals surface area contributed by atoms with Gasteiger partial charge in [-0.25, -0.2) is 9.69 Å². The number of hydrogen-bond acceptors (Lipinski definition) is 8. The summed E-state index contributed by atoms with van der Waals surface area (Å²) in [5.74, 6) is -1.44. The van der Waals surface area contributed by atoms with Crippen LogP contribution in [-0.4, -0.2) is 80.2 Å². The van der Waals surface area contributed by atoms with Crippen LogP contribution in [-0.2, 0) is 14.3 Å². The molecule has 0 radical (unpaired) electrons. The van der Waals surface area contributed by atoms with Crippen LogP contribution in [0.2, 0.25) is 0 Å². The molecule has 1 fully saturated rings. The summed E-state index contributed by atoms with van der Waals surface area (Å²) in [5, 5.41) is 0. The third-order valence-electron chi connectivity index (χ3n) is 5.32. The van der Waals surface area contributed by atoms with E-state index in [1.807, 2.05) is 0 Å². The molecule has 2 aromatic rings. The Morgan fingerprint density at radius 2 is 1.64 bits per heavy atom. The molecule has 0 N–H and O–H groups in total. The lowest BCUT2D eigenvalue weighted by atomic mass is 10.1. The fourth-order valence-corrected chi connectivity index (χ4v) is 3.52. The predicted octanol–water partition coefficient (Wildman–Crippen LogP) is 1.34.